The number of alkyl halides is 3. The molecule has 0 aliphatic rings. The summed E-state index contributed by atoms with van der Waals surface area (Å²) in [6, 6.07) is 15.1. The van der Waals surface area contributed by atoms with E-state index in [0.29, 0.717) is 5.69 Å². The van der Waals surface area contributed by atoms with Crippen LogP contribution in [-0.2, 0) is 11.3 Å². The van der Waals surface area contributed by atoms with Crippen LogP contribution in [0.5, 0.6) is 5.75 Å². The molecule has 0 spiro atoms. The number of hydrogen-bond acceptors (Lipinski definition) is 4. The van der Waals surface area contributed by atoms with Gasteiger partial charge in [0, 0.05) is 17.3 Å². The van der Waals surface area contributed by atoms with Crippen LogP contribution >= 0.6 is 0 Å². The Morgan fingerprint density at radius 2 is 1.76 bits per heavy atom. The third-order valence-corrected chi connectivity index (χ3v) is 3.95. The van der Waals surface area contributed by atoms with Crippen molar-refractivity contribution in [2.45, 2.75) is 19.8 Å². The SMILES string of the molecule is Cc1ccccc1-c1ccc(=O)n(CC(=O)Nc2ccc(OC(F)(F)F)cc2)n1. The highest BCUT2D eigenvalue weighted by molar-refractivity contribution is 5.90. The van der Waals surface area contributed by atoms with Gasteiger partial charge < -0.3 is 10.1 Å². The summed E-state index contributed by atoms with van der Waals surface area (Å²) in [5, 5.41) is 6.74. The minimum atomic E-state index is -4.79. The lowest BCUT2D eigenvalue weighted by atomic mass is 10.1. The molecule has 0 atom stereocenters. The number of benzene rings is 2. The van der Waals surface area contributed by atoms with Gasteiger partial charge in [-0.2, -0.15) is 5.10 Å². The second kappa shape index (κ2) is 8.17. The van der Waals surface area contributed by atoms with E-state index in [0.717, 1.165) is 27.9 Å². The number of anilines is 1. The van der Waals surface area contributed by atoms with Crippen molar-refractivity contribution in [3.8, 4) is 17.0 Å². The number of hydrogen-bond donors (Lipinski definition) is 1. The summed E-state index contributed by atoms with van der Waals surface area (Å²) >= 11 is 0. The van der Waals surface area contributed by atoms with E-state index in [1.807, 2.05) is 31.2 Å². The molecule has 0 radical (unpaired) electrons. The van der Waals surface area contributed by atoms with Gasteiger partial charge in [-0.1, -0.05) is 24.3 Å². The third kappa shape index (κ3) is 5.44. The van der Waals surface area contributed by atoms with E-state index >= 15 is 0 Å². The van der Waals surface area contributed by atoms with Gasteiger partial charge in [-0.05, 0) is 42.8 Å². The van der Waals surface area contributed by atoms with Crippen LogP contribution in [0.4, 0.5) is 18.9 Å². The van der Waals surface area contributed by atoms with E-state index in [1.165, 1.54) is 18.2 Å². The Morgan fingerprint density at radius 3 is 2.41 bits per heavy atom. The Labute approximate surface area is 163 Å². The number of aromatic nitrogens is 2. The molecule has 2 aromatic carbocycles. The fourth-order valence-corrected chi connectivity index (χ4v) is 2.64. The Kier molecular flexibility index (Phi) is 5.67. The fraction of sp³-hybridized carbons (Fsp3) is 0.150. The number of ether oxygens (including phenoxy) is 1. The molecule has 0 fully saturated rings. The summed E-state index contributed by atoms with van der Waals surface area (Å²) in [6.07, 6.45) is -4.79. The Morgan fingerprint density at radius 1 is 1.07 bits per heavy atom. The molecule has 0 aliphatic carbocycles. The lowest BCUT2D eigenvalue weighted by molar-refractivity contribution is -0.274. The zero-order valence-electron chi connectivity index (χ0n) is 15.2. The number of nitrogens with zero attached hydrogens (tertiary/aromatic N) is 2. The number of amides is 1. The molecule has 0 aliphatic heterocycles. The summed E-state index contributed by atoms with van der Waals surface area (Å²) in [6.45, 7) is 1.56. The minimum absolute atomic E-state index is 0.257. The van der Waals surface area contributed by atoms with Crippen LogP contribution in [0.25, 0.3) is 11.3 Å². The monoisotopic (exact) mass is 403 g/mol. The van der Waals surface area contributed by atoms with Crippen molar-refractivity contribution in [2.24, 2.45) is 0 Å². The smallest absolute Gasteiger partial charge is 0.406 e. The maximum atomic E-state index is 12.2. The number of rotatable bonds is 5. The summed E-state index contributed by atoms with van der Waals surface area (Å²) < 4.78 is 41.3. The average Bonchev–Trinajstić information content (AvgIpc) is 2.64. The first-order chi connectivity index (χ1) is 13.7. The first-order valence-electron chi connectivity index (χ1n) is 8.51. The van der Waals surface area contributed by atoms with Crippen molar-refractivity contribution in [2.75, 3.05) is 5.32 Å². The fourth-order valence-electron chi connectivity index (χ4n) is 2.64. The van der Waals surface area contributed by atoms with Crippen LogP contribution < -0.4 is 15.6 Å². The van der Waals surface area contributed by atoms with Crippen molar-refractivity contribution in [1.82, 2.24) is 9.78 Å². The van der Waals surface area contributed by atoms with Gasteiger partial charge in [0.2, 0.25) is 5.91 Å². The van der Waals surface area contributed by atoms with Crippen LogP contribution in [0.15, 0.2) is 65.5 Å². The molecule has 0 saturated heterocycles. The number of halogens is 3. The molecule has 1 amide bonds. The Hall–Kier alpha value is -3.62. The number of carbonyl (C=O) groups excluding carboxylic acids is 1. The van der Waals surface area contributed by atoms with Crippen molar-refractivity contribution in [1.29, 1.82) is 0 Å². The van der Waals surface area contributed by atoms with E-state index in [2.05, 4.69) is 15.2 Å². The maximum absolute atomic E-state index is 12.2. The van der Waals surface area contributed by atoms with Crippen molar-refractivity contribution >= 4 is 11.6 Å². The van der Waals surface area contributed by atoms with E-state index < -0.39 is 23.6 Å². The number of aryl methyl sites for hydroxylation is 1. The molecule has 150 valence electrons. The highest BCUT2D eigenvalue weighted by Gasteiger charge is 2.30. The van der Waals surface area contributed by atoms with Gasteiger partial charge in [0.25, 0.3) is 5.56 Å². The lowest BCUT2D eigenvalue weighted by Gasteiger charge is -2.11. The van der Waals surface area contributed by atoms with Crippen LogP contribution in [0.1, 0.15) is 5.56 Å². The predicted octanol–water partition coefficient (Wildman–Crippen LogP) is 3.76. The van der Waals surface area contributed by atoms with Crippen LogP contribution in [0, 0.1) is 6.92 Å². The second-order valence-corrected chi connectivity index (χ2v) is 6.15. The minimum Gasteiger partial charge on any atom is -0.406 e. The van der Waals surface area contributed by atoms with Crippen molar-refractivity contribution < 1.29 is 22.7 Å². The van der Waals surface area contributed by atoms with E-state index in [-0.39, 0.29) is 12.2 Å². The highest BCUT2D eigenvalue weighted by Crippen LogP contribution is 2.24. The van der Waals surface area contributed by atoms with Crippen LogP contribution in [0.2, 0.25) is 0 Å². The zero-order valence-corrected chi connectivity index (χ0v) is 15.2. The topological polar surface area (TPSA) is 73.2 Å². The van der Waals surface area contributed by atoms with Gasteiger partial charge in [0.05, 0.1) is 5.69 Å². The van der Waals surface area contributed by atoms with E-state index in [1.54, 1.807) is 6.07 Å². The van der Waals surface area contributed by atoms with Gasteiger partial charge >= 0.3 is 6.36 Å². The highest BCUT2D eigenvalue weighted by atomic mass is 19.4. The summed E-state index contributed by atoms with van der Waals surface area (Å²) in [7, 11) is 0. The average molecular weight is 403 g/mol. The molecule has 1 aromatic heterocycles. The normalized spacial score (nSPS) is 11.2. The molecule has 6 nitrogen and oxygen atoms in total. The predicted molar refractivity (Wildman–Crippen MR) is 100 cm³/mol. The van der Waals surface area contributed by atoms with E-state index in [9.17, 15) is 22.8 Å². The molecule has 0 unspecified atom stereocenters. The first kappa shape index (κ1) is 20.1. The summed E-state index contributed by atoms with van der Waals surface area (Å²) in [5.41, 5.74) is 2.15. The van der Waals surface area contributed by atoms with Gasteiger partial charge in [0.15, 0.2) is 0 Å². The van der Waals surface area contributed by atoms with E-state index in [4.69, 9.17) is 0 Å². The summed E-state index contributed by atoms with van der Waals surface area (Å²) in [5.74, 6) is -0.953. The van der Waals surface area contributed by atoms with Crippen molar-refractivity contribution in [3.63, 3.8) is 0 Å². The molecule has 9 heteroatoms. The zero-order chi connectivity index (χ0) is 21.0. The van der Waals surface area contributed by atoms with Crippen LogP contribution in [-0.4, -0.2) is 22.1 Å². The first-order valence-corrected chi connectivity index (χ1v) is 8.51. The Bertz CT molecular complexity index is 1080. The molecule has 1 N–H and O–H groups in total. The summed E-state index contributed by atoms with van der Waals surface area (Å²) in [4.78, 5) is 24.3. The standard InChI is InChI=1S/C20H16F3N3O3/c1-13-4-2-3-5-16(13)17-10-11-19(28)26(25-17)12-18(27)24-14-6-8-15(9-7-14)29-20(21,22)23/h2-11H,12H2,1H3,(H,24,27). The molecule has 29 heavy (non-hydrogen) atoms. The molecule has 3 rings (SSSR count). The quantitative estimate of drug-likeness (QED) is 0.704. The van der Waals surface area contributed by atoms with Crippen LogP contribution in [0.3, 0.4) is 0 Å². The third-order valence-electron chi connectivity index (χ3n) is 3.95. The van der Waals surface area contributed by atoms with Crippen molar-refractivity contribution in [3.05, 3.63) is 76.6 Å². The molecule has 0 bridgehead atoms. The number of carbonyl (C=O) groups is 1. The largest absolute Gasteiger partial charge is 0.573 e. The van der Waals surface area contributed by atoms with Gasteiger partial charge in [-0.15, -0.1) is 13.2 Å². The molecular weight excluding hydrogens is 387 g/mol. The molecule has 1 heterocycles. The lowest BCUT2D eigenvalue weighted by Crippen LogP contribution is -2.29. The second-order valence-electron chi connectivity index (χ2n) is 6.15. The molecular formula is C20H16F3N3O3. The van der Waals surface area contributed by atoms with Gasteiger partial charge in [-0.3, -0.25) is 9.59 Å². The maximum Gasteiger partial charge on any atom is 0.573 e. The van der Waals surface area contributed by atoms with Gasteiger partial charge in [0.1, 0.15) is 12.3 Å². The van der Waals surface area contributed by atoms with Gasteiger partial charge in [-0.25, -0.2) is 4.68 Å². The molecule has 3 aromatic rings. The Balaban J connectivity index is 1.72. The molecule has 0 saturated carbocycles. The number of nitrogens with one attached hydrogen (secondary N) is 1.